The first kappa shape index (κ1) is 13.0. The number of nitrogen functional groups attached to an aromatic ring is 1. The number of thiophene rings is 1. The highest BCUT2D eigenvalue weighted by molar-refractivity contribution is 7.12. The topological polar surface area (TPSA) is 51.8 Å². The highest BCUT2D eigenvalue weighted by Crippen LogP contribution is 2.29. The average Bonchev–Trinajstić information content (AvgIpc) is 2.55. The normalized spacial score (nSPS) is 11.2. The Morgan fingerprint density at radius 3 is 2.50 bits per heavy atom. The van der Waals surface area contributed by atoms with E-state index in [0.717, 1.165) is 23.5 Å². The summed E-state index contributed by atoms with van der Waals surface area (Å²) in [5.41, 5.74) is 8.01. The molecule has 0 aliphatic heterocycles. The molecule has 3 nitrogen and oxygen atoms in total. The molecule has 4 heteroatoms. The highest BCUT2D eigenvalue weighted by Gasteiger charge is 2.11. The molecule has 96 valence electrons. The monoisotopic (exact) mass is 261 g/mol. The zero-order valence-electron chi connectivity index (χ0n) is 11.3. The van der Waals surface area contributed by atoms with Crippen LogP contribution < -0.4 is 5.73 Å². The summed E-state index contributed by atoms with van der Waals surface area (Å²) in [6, 6.07) is 4.01. The molecular weight excluding hydrogens is 242 g/mol. The summed E-state index contributed by atoms with van der Waals surface area (Å²) in [5.74, 6) is 1.88. The van der Waals surface area contributed by atoms with E-state index < -0.39 is 0 Å². The molecule has 0 aliphatic rings. The number of anilines is 1. The maximum Gasteiger partial charge on any atom is 0.162 e. The van der Waals surface area contributed by atoms with Gasteiger partial charge in [0.25, 0.3) is 0 Å². The van der Waals surface area contributed by atoms with Gasteiger partial charge in [0.2, 0.25) is 0 Å². The van der Waals surface area contributed by atoms with Crippen molar-refractivity contribution in [3.63, 3.8) is 0 Å². The van der Waals surface area contributed by atoms with Crippen LogP contribution >= 0.6 is 11.3 Å². The largest absolute Gasteiger partial charge is 0.384 e. The van der Waals surface area contributed by atoms with Gasteiger partial charge in [-0.3, -0.25) is 0 Å². The van der Waals surface area contributed by atoms with Crippen LogP contribution in [0.5, 0.6) is 0 Å². The van der Waals surface area contributed by atoms with Gasteiger partial charge >= 0.3 is 0 Å². The Hall–Kier alpha value is -1.42. The predicted octanol–water partition coefficient (Wildman–Crippen LogP) is 3.60. The first-order valence-corrected chi connectivity index (χ1v) is 6.98. The summed E-state index contributed by atoms with van der Waals surface area (Å²) in [7, 11) is 0. The van der Waals surface area contributed by atoms with E-state index in [1.807, 2.05) is 6.07 Å². The smallest absolute Gasteiger partial charge is 0.162 e. The number of aryl methyl sites for hydroxylation is 2. The van der Waals surface area contributed by atoms with E-state index in [2.05, 4.69) is 43.7 Å². The molecule has 2 aromatic rings. The molecule has 2 aromatic heterocycles. The van der Waals surface area contributed by atoms with Crippen molar-refractivity contribution in [3.05, 3.63) is 27.6 Å². The molecule has 0 spiro atoms. The van der Waals surface area contributed by atoms with Crippen LogP contribution in [0.4, 0.5) is 5.82 Å². The Morgan fingerprint density at radius 1 is 1.22 bits per heavy atom. The van der Waals surface area contributed by atoms with Crippen LogP contribution in [-0.2, 0) is 6.42 Å². The molecule has 0 bridgehead atoms. The van der Waals surface area contributed by atoms with Gasteiger partial charge in [-0.05, 0) is 32.3 Å². The van der Waals surface area contributed by atoms with Crippen LogP contribution in [0.3, 0.4) is 0 Å². The standard InChI is InChI=1S/C14H19N3S/c1-8(2)5-11-7-13(15)17-14(16-11)12-6-9(3)18-10(12)4/h6-8H,5H2,1-4H3,(H2,15,16,17). The van der Waals surface area contributed by atoms with Gasteiger partial charge in [0, 0.05) is 27.1 Å². The lowest BCUT2D eigenvalue weighted by Gasteiger charge is -2.07. The molecule has 0 saturated carbocycles. The number of hydrogen-bond donors (Lipinski definition) is 1. The lowest BCUT2D eigenvalue weighted by Crippen LogP contribution is -2.03. The summed E-state index contributed by atoms with van der Waals surface area (Å²) in [4.78, 5) is 11.5. The Kier molecular flexibility index (Phi) is 3.66. The minimum atomic E-state index is 0.555. The van der Waals surface area contributed by atoms with Crippen molar-refractivity contribution >= 4 is 17.2 Å². The summed E-state index contributed by atoms with van der Waals surface area (Å²) >= 11 is 1.77. The van der Waals surface area contributed by atoms with Crippen molar-refractivity contribution in [2.45, 2.75) is 34.1 Å². The SMILES string of the molecule is Cc1cc(-c2nc(N)cc(CC(C)C)n2)c(C)s1. The van der Waals surface area contributed by atoms with Crippen molar-refractivity contribution < 1.29 is 0 Å². The molecule has 0 unspecified atom stereocenters. The van der Waals surface area contributed by atoms with Gasteiger partial charge in [0.1, 0.15) is 5.82 Å². The number of aromatic nitrogens is 2. The van der Waals surface area contributed by atoms with Crippen molar-refractivity contribution in [2.24, 2.45) is 5.92 Å². The lowest BCUT2D eigenvalue weighted by atomic mass is 10.1. The Labute approximate surface area is 112 Å². The van der Waals surface area contributed by atoms with Crippen LogP contribution in [0.15, 0.2) is 12.1 Å². The summed E-state index contributed by atoms with van der Waals surface area (Å²) in [6.45, 7) is 8.56. The second-order valence-corrected chi connectivity index (χ2v) is 6.49. The van der Waals surface area contributed by atoms with Crippen LogP contribution in [0.1, 0.15) is 29.3 Å². The Balaban J connectivity index is 2.44. The minimum absolute atomic E-state index is 0.555. The number of rotatable bonds is 3. The van der Waals surface area contributed by atoms with Crippen LogP contribution in [0.25, 0.3) is 11.4 Å². The third-order valence-corrected chi connectivity index (χ3v) is 3.66. The van der Waals surface area contributed by atoms with Gasteiger partial charge < -0.3 is 5.73 Å². The van der Waals surface area contributed by atoms with E-state index in [1.165, 1.54) is 9.75 Å². The van der Waals surface area contributed by atoms with E-state index in [-0.39, 0.29) is 0 Å². The number of nitrogens with two attached hydrogens (primary N) is 1. The maximum absolute atomic E-state index is 5.88. The highest BCUT2D eigenvalue weighted by atomic mass is 32.1. The molecule has 0 amide bonds. The van der Waals surface area contributed by atoms with Gasteiger partial charge in [-0.2, -0.15) is 0 Å². The fourth-order valence-corrected chi connectivity index (χ4v) is 2.93. The summed E-state index contributed by atoms with van der Waals surface area (Å²) in [6.07, 6.45) is 0.932. The zero-order chi connectivity index (χ0) is 13.3. The van der Waals surface area contributed by atoms with E-state index in [4.69, 9.17) is 5.73 Å². The van der Waals surface area contributed by atoms with Crippen LogP contribution in [0, 0.1) is 19.8 Å². The van der Waals surface area contributed by atoms with E-state index >= 15 is 0 Å². The molecule has 0 fully saturated rings. The minimum Gasteiger partial charge on any atom is -0.384 e. The fraction of sp³-hybridized carbons (Fsp3) is 0.429. The molecule has 18 heavy (non-hydrogen) atoms. The van der Waals surface area contributed by atoms with Gasteiger partial charge in [0.05, 0.1) is 0 Å². The second-order valence-electron chi connectivity index (χ2n) is 5.03. The molecular formula is C14H19N3S. The molecule has 0 aromatic carbocycles. The summed E-state index contributed by atoms with van der Waals surface area (Å²) < 4.78 is 0. The summed E-state index contributed by atoms with van der Waals surface area (Å²) in [5, 5.41) is 0. The zero-order valence-corrected chi connectivity index (χ0v) is 12.1. The van der Waals surface area contributed by atoms with Crippen molar-refractivity contribution in [2.75, 3.05) is 5.73 Å². The van der Waals surface area contributed by atoms with Crippen molar-refractivity contribution in [3.8, 4) is 11.4 Å². The molecule has 0 atom stereocenters. The van der Waals surface area contributed by atoms with E-state index in [0.29, 0.717) is 11.7 Å². The van der Waals surface area contributed by atoms with Gasteiger partial charge in [0.15, 0.2) is 5.82 Å². The van der Waals surface area contributed by atoms with Gasteiger partial charge in [-0.1, -0.05) is 13.8 Å². The number of nitrogens with zero attached hydrogens (tertiary/aromatic N) is 2. The average molecular weight is 261 g/mol. The molecule has 2 N–H and O–H groups in total. The first-order chi connectivity index (χ1) is 8.45. The quantitative estimate of drug-likeness (QED) is 0.918. The number of hydrogen-bond acceptors (Lipinski definition) is 4. The van der Waals surface area contributed by atoms with Crippen LogP contribution in [0.2, 0.25) is 0 Å². The Bertz CT molecular complexity index is 558. The molecule has 0 saturated heterocycles. The first-order valence-electron chi connectivity index (χ1n) is 6.16. The van der Waals surface area contributed by atoms with Crippen LogP contribution in [-0.4, -0.2) is 9.97 Å². The maximum atomic E-state index is 5.88. The third kappa shape index (κ3) is 2.88. The predicted molar refractivity (Wildman–Crippen MR) is 77.8 cm³/mol. The van der Waals surface area contributed by atoms with E-state index in [1.54, 1.807) is 11.3 Å². The van der Waals surface area contributed by atoms with E-state index in [9.17, 15) is 0 Å². The van der Waals surface area contributed by atoms with Gasteiger partial charge in [-0.25, -0.2) is 9.97 Å². The van der Waals surface area contributed by atoms with Gasteiger partial charge in [-0.15, -0.1) is 11.3 Å². The van der Waals surface area contributed by atoms with Crippen molar-refractivity contribution in [1.29, 1.82) is 0 Å². The lowest BCUT2D eigenvalue weighted by molar-refractivity contribution is 0.635. The Morgan fingerprint density at radius 2 is 1.94 bits per heavy atom. The van der Waals surface area contributed by atoms with Crippen molar-refractivity contribution in [1.82, 2.24) is 9.97 Å². The second kappa shape index (κ2) is 5.06. The molecule has 2 rings (SSSR count). The molecule has 0 radical (unpaired) electrons. The fourth-order valence-electron chi connectivity index (χ4n) is 2.01. The molecule has 2 heterocycles. The third-order valence-electron chi connectivity index (χ3n) is 2.70. The molecule has 0 aliphatic carbocycles.